The molecule has 1 heterocycles. The molecule has 0 fully saturated rings. The standard InChI is InChI=1S/C12H17NO4S/c1-4-5-13(7-10(14)15)12(16)11-9(17-3)6-8(2)18-11/h6H,4-5,7H2,1-3H3,(H,14,15). The molecule has 0 unspecified atom stereocenters. The van der Waals surface area contributed by atoms with Gasteiger partial charge < -0.3 is 14.7 Å². The summed E-state index contributed by atoms with van der Waals surface area (Å²) in [6, 6.07) is 1.78. The van der Waals surface area contributed by atoms with Gasteiger partial charge >= 0.3 is 5.97 Å². The third-order valence-electron chi connectivity index (χ3n) is 2.34. The number of carboxylic acid groups (broad SMARTS) is 1. The van der Waals surface area contributed by atoms with Crippen LogP contribution in [0.25, 0.3) is 0 Å². The molecule has 0 saturated heterocycles. The Morgan fingerprint density at radius 1 is 1.50 bits per heavy atom. The molecule has 0 atom stereocenters. The molecule has 0 aliphatic heterocycles. The summed E-state index contributed by atoms with van der Waals surface area (Å²) in [5, 5.41) is 8.82. The average Bonchev–Trinajstić information content (AvgIpc) is 2.68. The van der Waals surface area contributed by atoms with Crippen LogP contribution in [-0.4, -0.2) is 42.1 Å². The average molecular weight is 271 g/mol. The maximum Gasteiger partial charge on any atom is 0.323 e. The van der Waals surface area contributed by atoms with E-state index in [1.165, 1.54) is 23.3 Å². The molecule has 0 aromatic carbocycles. The summed E-state index contributed by atoms with van der Waals surface area (Å²) >= 11 is 1.32. The fourth-order valence-corrected chi connectivity index (χ4v) is 2.57. The van der Waals surface area contributed by atoms with Crippen molar-refractivity contribution < 1.29 is 19.4 Å². The van der Waals surface area contributed by atoms with Gasteiger partial charge in [-0.05, 0) is 19.4 Å². The van der Waals surface area contributed by atoms with Crippen LogP contribution in [0.1, 0.15) is 27.9 Å². The van der Waals surface area contributed by atoms with Crippen molar-refractivity contribution in [3.8, 4) is 5.75 Å². The minimum atomic E-state index is -1.01. The summed E-state index contributed by atoms with van der Waals surface area (Å²) in [4.78, 5) is 25.8. The number of carboxylic acids is 1. The summed E-state index contributed by atoms with van der Waals surface area (Å²) in [5.74, 6) is -0.785. The first kappa shape index (κ1) is 14.5. The summed E-state index contributed by atoms with van der Waals surface area (Å²) < 4.78 is 5.14. The number of aliphatic carboxylic acids is 1. The smallest absolute Gasteiger partial charge is 0.323 e. The predicted molar refractivity (Wildman–Crippen MR) is 69.4 cm³/mol. The lowest BCUT2D eigenvalue weighted by molar-refractivity contribution is -0.137. The van der Waals surface area contributed by atoms with Gasteiger partial charge in [-0.1, -0.05) is 6.92 Å². The number of hydrogen-bond donors (Lipinski definition) is 1. The molecule has 1 aromatic heterocycles. The van der Waals surface area contributed by atoms with Gasteiger partial charge in [-0.2, -0.15) is 0 Å². The molecule has 1 rings (SSSR count). The van der Waals surface area contributed by atoms with Gasteiger partial charge in [0.05, 0.1) is 7.11 Å². The third-order valence-corrected chi connectivity index (χ3v) is 3.36. The molecule has 6 heteroatoms. The fraction of sp³-hybridized carbons (Fsp3) is 0.500. The van der Waals surface area contributed by atoms with Crippen LogP contribution in [0.2, 0.25) is 0 Å². The molecule has 0 spiro atoms. The number of hydrogen-bond acceptors (Lipinski definition) is 4. The van der Waals surface area contributed by atoms with Crippen LogP contribution in [0, 0.1) is 6.92 Å². The number of carbonyl (C=O) groups is 2. The first-order valence-electron chi connectivity index (χ1n) is 5.65. The van der Waals surface area contributed by atoms with E-state index in [1.54, 1.807) is 6.07 Å². The first-order chi connectivity index (χ1) is 8.49. The number of thiophene rings is 1. The van der Waals surface area contributed by atoms with Gasteiger partial charge in [0.15, 0.2) is 0 Å². The zero-order valence-electron chi connectivity index (χ0n) is 10.7. The topological polar surface area (TPSA) is 66.8 Å². The molecule has 1 aromatic rings. The van der Waals surface area contributed by atoms with Gasteiger partial charge in [-0.15, -0.1) is 11.3 Å². The predicted octanol–water partition coefficient (Wildman–Crippen LogP) is 2.00. The minimum Gasteiger partial charge on any atom is -0.495 e. The highest BCUT2D eigenvalue weighted by molar-refractivity contribution is 7.14. The molecule has 0 saturated carbocycles. The molecule has 0 aliphatic carbocycles. The quantitative estimate of drug-likeness (QED) is 0.859. The highest BCUT2D eigenvalue weighted by atomic mass is 32.1. The van der Waals surface area contributed by atoms with E-state index in [0.29, 0.717) is 23.6 Å². The Hall–Kier alpha value is -1.56. The third kappa shape index (κ3) is 3.46. The fourth-order valence-electron chi connectivity index (χ4n) is 1.62. The Morgan fingerprint density at radius 2 is 2.17 bits per heavy atom. The largest absolute Gasteiger partial charge is 0.495 e. The Kier molecular flexibility index (Phi) is 5.15. The van der Waals surface area contributed by atoms with Crippen LogP contribution < -0.4 is 4.74 Å². The monoisotopic (exact) mass is 271 g/mol. The number of nitrogens with zero attached hydrogens (tertiary/aromatic N) is 1. The van der Waals surface area contributed by atoms with Gasteiger partial charge in [0.1, 0.15) is 17.2 Å². The van der Waals surface area contributed by atoms with E-state index in [9.17, 15) is 9.59 Å². The van der Waals surface area contributed by atoms with Crippen LogP contribution in [0.15, 0.2) is 6.07 Å². The summed E-state index contributed by atoms with van der Waals surface area (Å²) in [7, 11) is 1.50. The molecule has 100 valence electrons. The van der Waals surface area contributed by atoms with Gasteiger partial charge in [0, 0.05) is 11.4 Å². The van der Waals surface area contributed by atoms with Crippen LogP contribution >= 0.6 is 11.3 Å². The molecule has 0 bridgehead atoms. The van der Waals surface area contributed by atoms with E-state index in [2.05, 4.69) is 0 Å². The van der Waals surface area contributed by atoms with Crippen LogP contribution in [-0.2, 0) is 4.79 Å². The second kappa shape index (κ2) is 6.39. The molecule has 5 nitrogen and oxygen atoms in total. The lowest BCUT2D eigenvalue weighted by Gasteiger charge is -2.19. The summed E-state index contributed by atoms with van der Waals surface area (Å²) in [6.45, 7) is 3.92. The highest BCUT2D eigenvalue weighted by Crippen LogP contribution is 2.29. The number of carbonyl (C=O) groups excluding carboxylic acids is 1. The van der Waals surface area contributed by atoms with Gasteiger partial charge in [0.25, 0.3) is 5.91 Å². The Bertz CT molecular complexity index is 441. The van der Waals surface area contributed by atoms with Crippen molar-refractivity contribution in [3.05, 3.63) is 15.8 Å². The molecule has 0 radical (unpaired) electrons. The van der Waals surface area contributed by atoms with E-state index in [0.717, 1.165) is 4.88 Å². The molecule has 1 N–H and O–H groups in total. The van der Waals surface area contributed by atoms with Gasteiger partial charge in [-0.3, -0.25) is 9.59 Å². The van der Waals surface area contributed by atoms with Crippen molar-refractivity contribution in [3.63, 3.8) is 0 Å². The SMILES string of the molecule is CCCN(CC(=O)O)C(=O)c1sc(C)cc1OC. The van der Waals surface area contributed by atoms with Crippen molar-refractivity contribution in [2.45, 2.75) is 20.3 Å². The number of ether oxygens (including phenoxy) is 1. The molecule has 0 aliphatic rings. The second-order valence-corrected chi connectivity index (χ2v) is 5.13. The number of methoxy groups -OCH3 is 1. The Morgan fingerprint density at radius 3 is 2.67 bits per heavy atom. The lowest BCUT2D eigenvalue weighted by atomic mass is 10.3. The molecule has 18 heavy (non-hydrogen) atoms. The normalized spacial score (nSPS) is 10.2. The molecule has 1 amide bonds. The highest BCUT2D eigenvalue weighted by Gasteiger charge is 2.23. The van der Waals surface area contributed by atoms with Crippen LogP contribution in [0.5, 0.6) is 5.75 Å². The van der Waals surface area contributed by atoms with Gasteiger partial charge in [-0.25, -0.2) is 0 Å². The lowest BCUT2D eigenvalue weighted by Crippen LogP contribution is -2.36. The summed E-state index contributed by atoms with van der Waals surface area (Å²) in [5.41, 5.74) is 0. The van der Waals surface area contributed by atoms with Crippen molar-refractivity contribution in [1.82, 2.24) is 4.90 Å². The van der Waals surface area contributed by atoms with E-state index < -0.39 is 5.97 Å². The van der Waals surface area contributed by atoms with E-state index in [-0.39, 0.29) is 12.5 Å². The Labute approximate surface area is 110 Å². The van der Waals surface area contributed by atoms with Crippen LogP contribution in [0.3, 0.4) is 0 Å². The number of amides is 1. The van der Waals surface area contributed by atoms with Crippen LogP contribution in [0.4, 0.5) is 0 Å². The van der Waals surface area contributed by atoms with E-state index >= 15 is 0 Å². The zero-order valence-corrected chi connectivity index (χ0v) is 11.5. The number of rotatable bonds is 6. The van der Waals surface area contributed by atoms with E-state index in [4.69, 9.17) is 9.84 Å². The molecular formula is C12H17NO4S. The van der Waals surface area contributed by atoms with Gasteiger partial charge in [0.2, 0.25) is 0 Å². The number of aryl methyl sites for hydroxylation is 1. The van der Waals surface area contributed by atoms with Crippen molar-refractivity contribution in [2.24, 2.45) is 0 Å². The van der Waals surface area contributed by atoms with Crippen molar-refractivity contribution in [1.29, 1.82) is 0 Å². The van der Waals surface area contributed by atoms with Crippen molar-refractivity contribution >= 4 is 23.2 Å². The molecular weight excluding hydrogens is 254 g/mol. The first-order valence-corrected chi connectivity index (χ1v) is 6.46. The minimum absolute atomic E-state index is 0.283. The maximum absolute atomic E-state index is 12.3. The maximum atomic E-state index is 12.3. The van der Waals surface area contributed by atoms with Crippen molar-refractivity contribution in [2.75, 3.05) is 20.2 Å². The Balaban J connectivity index is 2.96. The zero-order chi connectivity index (χ0) is 13.7. The summed E-state index contributed by atoms with van der Waals surface area (Å²) in [6.07, 6.45) is 0.714. The van der Waals surface area contributed by atoms with E-state index in [1.807, 2.05) is 13.8 Å². The second-order valence-electron chi connectivity index (χ2n) is 3.87.